The fourth-order valence-electron chi connectivity index (χ4n) is 3.43. The van der Waals surface area contributed by atoms with E-state index in [2.05, 4.69) is 20.0 Å². The van der Waals surface area contributed by atoms with E-state index in [0.717, 1.165) is 19.3 Å². The van der Waals surface area contributed by atoms with Gasteiger partial charge in [0, 0.05) is 0 Å². The van der Waals surface area contributed by atoms with Crippen molar-refractivity contribution in [3.63, 3.8) is 0 Å². The lowest BCUT2D eigenvalue weighted by Gasteiger charge is -2.28. The number of esters is 1. The number of nitrogens with one attached hydrogen (secondary N) is 1. The number of nitrogens with zero attached hydrogens (tertiary/aromatic N) is 4. The normalized spacial score (nSPS) is 17.0. The summed E-state index contributed by atoms with van der Waals surface area (Å²) in [6.07, 6.45) is 5.04. The van der Waals surface area contributed by atoms with E-state index in [1.165, 1.54) is 6.33 Å². The van der Waals surface area contributed by atoms with Crippen molar-refractivity contribution < 1.29 is 23.4 Å². The first-order valence-corrected chi connectivity index (χ1v) is 13.0. The molecule has 3 aromatic rings. The van der Waals surface area contributed by atoms with Crippen LogP contribution in [0.2, 0.25) is 0 Å². The fraction of sp³-hybridized carbons (Fsp3) is 0.455. The van der Waals surface area contributed by atoms with Gasteiger partial charge in [0.1, 0.15) is 36.1 Å². The van der Waals surface area contributed by atoms with E-state index < -0.39 is 19.5 Å². The maximum atomic E-state index is 13.7. The van der Waals surface area contributed by atoms with Crippen LogP contribution in [0, 0.1) is 0 Å². The van der Waals surface area contributed by atoms with E-state index in [0.29, 0.717) is 29.3 Å². The number of para-hydroxylation sites is 1. The predicted octanol–water partition coefficient (Wildman–Crippen LogP) is 3.54. The molecule has 1 aliphatic carbocycles. The van der Waals surface area contributed by atoms with Crippen molar-refractivity contribution in [2.24, 2.45) is 0 Å². The molecule has 0 amide bonds. The number of aromatic nitrogens is 4. The van der Waals surface area contributed by atoms with Gasteiger partial charge < -0.3 is 24.3 Å². The summed E-state index contributed by atoms with van der Waals surface area (Å²) in [7, 11) is -3.63. The first-order chi connectivity index (χ1) is 16.3. The number of anilines is 1. The first kappa shape index (κ1) is 26.9. The number of hydrogen-bond donors (Lipinski definition) is 2. The van der Waals surface area contributed by atoms with Crippen LogP contribution in [0.5, 0.6) is 5.75 Å². The van der Waals surface area contributed by atoms with Crippen LogP contribution in [0.15, 0.2) is 43.0 Å². The second-order valence-corrected chi connectivity index (χ2v) is 10.4. The largest absolute Gasteiger partial charge is 0.461 e. The minimum Gasteiger partial charge on any atom is -0.461 e. The Morgan fingerprint density at radius 3 is 2.66 bits per heavy atom. The highest BCUT2D eigenvalue weighted by Gasteiger charge is 2.33. The number of rotatable bonds is 11. The minimum absolute atomic E-state index is 0. The summed E-state index contributed by atoms with van der Waals surface area (Å²) in [5.74, 6) is 0.240. The predicted molar refractivity (Wildman–Crippen MR) is 133 cm³/mol. The number of halogens is 1. The average Bonchev–Trinajstić information content (AvgIpc) is 3.19. The number of carbonyl (C=O) groups is 1. The fourth-order valence-corrected chi connectivity index (χ4v) is 5.22. The number of ether oxygens (including phenoxy) is 2. The average molecular weight is 525 g/mol. The van der Waals surface area contributed by atoms with E-state index in [4.69, 9.17) is 19.7 Å². The van der Waals surface area contributed by atoms with Crippen molar-refractivity contribution in [2.75, 3.05) is 12.1 Å². The Hall–Kier alpha value is -2.72. The van der Waals surface area contributed by atoms with Crippen molar-refractivity contribution in [1.29, 1.82) is 0 Å². The van der Waals surface area contributed by atoms with Gasteiger partial charge in [-0.25, -0.2) is 20.0 Å². The van der Waals surface area contributed by atoms with Crippen LogP contribution in [-0.2, 0) is 25.4 Å². The monoisotopic (exact) mass is 524 g/mol. The molecule has 1 aliphatic rings. The number of carbonyl (C=O) groups excluding carboxylic acids is 1. The number of hydrogen-bond acceptors (Lipinski definition) is 9. The molecule has 190 valence electrons. The lowest BCUT2D eigenvalue weighted by atomic mass is 9.96. The molecule has 0 radical (unpaired) electrons. The van der Waals surface area contributed by atoms with Gasteiger partial charge in [-0.2, -0.15) is 0 Å². The molecule has 4 rings (SSSR count). The molecule has 0 spiro atoms. The summed E-state index contributed by atoms with van der Waals surface area (Å²) < 4.78 is 32.6. The van der Waals surface area contributed by atoms with Gasteiger partial charge in [0.05, 0.1) is 19.0 Å². The Morgan fingerprint density at radius 1 is 1.23 bits per heavy atom. The zero-order chi connectivity index (χ0) is 24.1. The second-order valence-electron chi connectivity index (χ2n) is 8.35. The van der Waals surface area contributed by atoms with Crippen LogP contribution in [-0.4, -0.2) is 50.1 Å². The molecule has 0 bridgehead atoms. The van der Waals surface area contributed by atoms with E-state index in [-0.39, 0.29) is 31.0 Å². The van der Waals surface area contributed by atoms with Crippen molar-refractivity contribution in [1.82, 2.24) is 24.6 Å². The van der Waals surface area contributed by atoms with Gasteiger partial charge in [0.2, 0.25) is 0 Å². The van der Waals surface area contributed by atoms with Gasteiger partial charge in [-0.05, 0) is 45.2 Å². The molecular formula is C22H30ClN6O5P. The van der Waals surface area contributed by atoms with Gasteiger partial charge >= 0.3 is 13.5 Å². The van der Waals surface area contributed by atoms with Crippen LogP contribution < -0.4 is 15.3 Å². The molecule has 11 nitrogen and oxygen atoms in total. The third-order valence-corrected chi connectivity index (χ3v) is 7.26. The summed E-state index contributed by atoms with van der Waals surface area (Å²) in [6.45, 7) is 3.82. The summed E-state index contributed by atoms with van der Waals surface area (Å²) in [5.41, 5.74) is 6.93. The number of imidazole rings is 1. The summed E-state index contributed by atoms with van der Waals surface area (Å²) >= 11 is 0. The Kier molecular flexibility index (Phi) is 9.07. The molecule has 3 atom stereocenters. The molecule has 1 aromatic carbocycles. The Labute approximate surface area is 209 Å². The molecule has 13 heteroatoms. The smallest absolute Gasteiger partial charge is 0.342 e. The zero-order valence-electron chi connectivity index (χ0n) is 19.6. The number of benzene rings is 1. The highest BCUT2D eigenvalue weighted by molar-refractivity contribution is 7.57. The Morgan fingerprint density at radius 2 is 1.97 bits per heavy atom. The van der Waals surface area contributed by atoms with Crippen molar-refractivity contribution in [3.05, 3.63) is 43.0 Å². The molecule has 2 aromatic heterocycles. The van der Waals surface area contributed by atoms with Gasteiger partial charge in [0.15, 0.2) is 11.5 Å². The molecule has 2 heterocycles. The standard InChI is InChI=1S/C22H29N6O5P.ClH/c1-15(11-28-13-26-19-20(23)24-12-25-21(19)28)31-14-34(30,33-18-7-4-3-5-8-18)27-16(2)22(29)32-17-9-6-10-17;/h3-5,7-8,12-13,15-17H,6,9-11,14H2,1-2H3,(H,27,30)(H2,23,24,25);1H/t15-,16+,34-;/m1./s1. The van der Waals surface area contributed by atoms with Crippen molar-refractivity contribution in [2.45, 2.75) is 57.9 Å². The van der Waals surface area contributed by atoms with Crippen molar-refractivity contribution in [3.8, 4) is 5.75 Å². The number of nitrogen functional groups attached to an aromatic ring is 1. The van der Waals surface area contributed by atoms with Crippen LogP contribution in [0.1, 0.15) is 33.1 Å². The van der Waals surface area contributed by atoms with Gasteiger partial charge in [-0.15, -0.1) is 12.4 Å². The summed E-state index contributed by atoms with van der Waals surface area (Å²) in [5, 5.41) is 2.82. The Balaban J connectivity index is 0.00000342. The molecule has 1 saturated carbocycles. The van der Waals surface area contributed by atoms with Gasteiger partial charge in [-0.3, -0.25) is 9.36 Å². The number of nitrogens with two attached hydrogens (primary N) is 1. The van der Waals surface area contributed by atoms with E-state index in [1.54, 1.807) is 42.1 Å². The molecule has 0 saturated heterocycles. The van der Waals surface area contributed by atoms with Gasteiger partial charge in [0.25, 0.3) is 0 Å². The zero-order valence-corrected chi connectivity index (χ0v) is 21.3. The maximum Gasteiger partial charge on any atom is 0.342 e. The SMILES string of the molecule is C[C@H](Cn1cnc2c(N)ncnc21)OC[P@](=O)(N[C@@H](C)C(=O)OC1CCC1)Oc1ccccc1.Cl. The first-order valence-electron chi connectivity index (χ1n) is 11.2. The van der Waals surface area contributed by atoms with Crippen LogP contribution >= 0.6 is 19.9 Å². The highest BCUT2D eigenvalue weighted by atomic mass is 35.5. The summed E-state index contributed by atoms with van der Waals surface area (Å²) in [4.78, 5) is 24.8. The molecule has 1 fully saturated rings. The van der Waals surface area contributed by atoms with Crippen molar-refractivity contribution >= 4 is 42.9 Å². The lowest BCUT2D eigenvalue weighted by Crippen LogP contribution is -2.39. The van der Waals surface area contributed by atoms with E-state index in [1.807, 2.05) is 13.0 Å². The summed E-state index contributed by atoms with van der Waals surface area (Å²) in [6, 6.07) is 7.93. The van der Waals surface area contributed by atoms with Gasteiger partial charge in [-0.1, -0.05) is 18.2 Å². The number of fused-ring (bicyclic) bond motifs is 1. The molecular weight excluding hydrogens is 495 g/mol. The third-order valence-electron chi connectivity index (χ3n) is 5.49. The molecule has 35 heavy (non-hydrogen) atoms. The molecule has 3 N–H and O–H groups in total. The van der Waals surface area contributed by atoms with Crippen LogP contribution in [0.4, 0.5) is 5.82 Å². The lowest BCUT2D eigenvalue weighted by molar-refractivity contribution is -0.154. The van der Waals surface area contributed by atoms with Crippen LogP contribution in [0.25, 0.3) is 11.2 Å². The molecule has 0 unspecified atom stereocenters. The van der Waals surface area contributed by atoms with E-state index in [9.17, 15) is 9.36 Å². The minimum atomic E-state index is -3.63. The third kappa shape index (κ3) is 6.91. The topological polar surface area (TPSA) is 143 Å². The quantitative estimate of drug-likeness (QED) is 0.282. The Bertz CT molecular complexity index is 1180. The second kappa shape index (κ2) is 11.8. The maximum absolute atomic E-state index is 13.7. The van der Waals surface area contributed by atoms with Crippen LogP contribution in [0.3, 0.4) is 0 Å². The van der Waals surface area contributed by atoms with E-state index >= 15 is 0 Å². The molecule has 0 aliphatic heterocycles. The highest BCUT2D eigenvalue weighted by Crippen LogP contribution is 2.44.